The number of carbonyl (C=O) groups is 1. The molecule has 2 heterocycles. The van der Waals surface area contributed by atoms with Gasteiger partial charge in [0.15, 0.2) is 5.65 Å². The summed E-state index contributed by atoms with van der Waals surface area (Å²) in [6, 6.07) is 9.22. The minimum atomic E-state index is -3.20. The highest BCUT2D eigenvalue weighted by atomic mass is 19.3. The van der Waals surface area contributed by atoms with Crippen LogP contribution in [-0.4, -0.2) is 38.3 Å². The second-order valence-corrected chi connectivity index (χ2v) is 8.21. The van der Waals surface area contributed by atoms with Crippen molar-refractivity contribution in [2.75, 3.05) is 12.3 Å². The number of halogens is 5. The molecule has 1 amide bonds. The first-order valence-corrected chi connectivity index (χ1v) is 10.6. The smallest absolute Gasteiger partial charge is 0.264 e. The molecule has 12 heteroatoms. The molecule has 4 rings (SSSR count). The van der Waals surface area contributed by atoms with Gasteiger partial charge in [-0.15, -0.1) is 5.10 Å². The van der Waals surface area contributed by atoms with E-state index in [1.807, 2.05) is 0 Å². The van der Waals surface area contributed by atoms with Gasteiger partial charge < -0.3 is 16.2 Å². The molecule has 0 aliphatic carbocycles. The average molecular weight is 505 g/mol. The molecule has 0 aliphatic heterocycles. The number of pyridine rings is 1. The zero-order valence-corrected chi connectivity index (χ0v) is 18.7. The van der Waals surface area contributed by atoms with Crippen LogP contribution < -0.4 is 11.1 Å². The van der Waals surface area contributed by atoms with Crippen molar-refractivity contribution in [2.24, 2.45) is 0 Å². The van der Waals surface area contributed by atoms with E-state index in [-0.39, 0.29) is 28.3 Å². The number of fused-ring (bicyclic) bond motifs is 1. The van der Waals surface area contributed by atoms with Crippen LogP contribution in [0.3, 0.4) is 0 Å². The van der Waals surface area contributed by atoms with Crippen molar-refractivity contribution < 1.29 is 31.9 Å². The summed E-state index contributed by atoms with van der Waals surface area (Å²) < 4.78 is 72.1. The lowest BCUT2D eigenvalue weighted by molar-refractivity contribution is -0.0230. The molecule has 0 aliphatic rings. The molecule has 4 aromatic rings. The van der Waals surface area contributed by atoms with Crippen LogP contribution in [0, 0.1) is 11.6 Å². The number of hydrogen-bond acceptors (Lipinski definition) is 5. The van der Waals surface area contributed by atoms with Crippen LogP contribution >= 0.6 is 0 Å². The quantitative estimate of drug-likeness (QED) is 0.327. The lowest BCUT2D eigenvalue weighted by atomic mass is 9.91. The number of benzene rings is 2. The number of nitrogens with two attached hydrogens (primary N) is 1. The Morgan fingerprint density at radius 3 is 2.50 bits per heavy atom. The third-order valence-corrected chi connectivity index (χ3v) is 5.78. The van der Waals surface area contributed by atoms with Crippen LogP contribution in [0.15, 0.2) is 54.7 Å². The molecule has 0 bridgehead atoms. The second-order valence-electron chi connectivity index (χ2n) is 8.21. The number of carbonyl (C=O) groups excluding carboxylic acids is 1. The van der Waals surface area contributed by atoms with E-state index < -0.39 is 53.4 Å². The van der Waals surface area contributed by atoms with E-state index in [1.165, 1.54) is 35.0 Å². The first kappa shape index (κ1) is 25.0. The molecule has 0 fully saturated rings. The first-order chi connectivity index (χ1) is 17.0. The number of nitrogens with one attached hydrogen (secondary N) is 1. The van der Waals surface area contributed by atoms with Gasteiger partial charge in [0, 0.05) is 17.3 Å². The van der Waals surface area contributed by atoms with Crippen molar-refractivity contribution >= 4 is 17.5 Å². The van der Waals surface area contributed by atoms with E-state index in [2.05, 4.69) is 15.4 Å². The Morgan fingerprint density at radius 2 is 1.83 bits per heavy atom. The number of aromatic nitrogens is 3. The van der Waals surface area contributed by atoms with E-state index >= 15 is 4.39 Å². The largest absolute Gasteiger partial charge is 0.382 e. The van der Waals surface area contributed by atoms with Gasteiger partial charge in [0.1, 0.15) is 23.4 Å². The van der Waals surface area contributed by atoms with Crippen LogP contribution in [0.5, 0.6) is 0 Å². The summed E-state index contributed by atoms with van der Waals surface area (Å²) in [6.07, 6.45) is -3.90. The van der Waals surface area contributed by atoms with Crippen molar-refractivity contribution in [1.82, 2.24) is 19.9 Å². The van der Waals surface area contributed by atoms with Crippen LogP contribution in [0.25, 0.3) is 16.8 Å². The second kappa shape index (κ2) is 9.53. The molecule has 36 heavy (non-hydrogen) atoms. The van der Waals surface area contributed by atoms with Gasteiger partial charge in [-0.3, -0.25) is 4.79 Å². The van der Waals surface area contributed by atoms with Crippen molar-refractivity contribution in [3.63, 3.8) is 0 Å². The molecule has 2 atom stereocenters. The molecule has 7 nitrogen and oxygen atoms in total. The van der Waals surface area contributed by atoms with Gasteiger partial charge >= 0.3 is 0 Å². The lowest BCUT2D eigenvalue weighted by Crippen LogP contribution is -2.42. The van der Waals surface area contributed by atoms with E-state index in [0.29, 0.717) is 0 Å². The maximum Gasteiger partial charge on any atom is 0.264 e. The van der Waals surface area contributed by atoms with Gasteiger partial charge in [0.05, 0.1) is 12.1 Å². The van der Waals surface area contributed by atoms with Crippen molar-refractivity contribution in [2.45, 2.75) is 25.1 Å². The van der Waals surface area contributed by atoms with Crippen molar-refractivity contribution in [3.8, 4) is 11.1 Å². The highest BCUT2D eigenvalue weighted by Crippen LogP contribution is 2.33. The summed E-state index contributed by atoms with van der Waals surface area (Å²) in [7, 11) is 0. The summed E-state index contributed by atoms with van der Waals surface area (Å²) in [6.45, 7) is 0.275. The maximum atomic E-state index is 15.5. The highest BCUT2D eigenvalue weighted by molar-refractivity contribution is 5.97. The van der Waals surface area contributed by atoms with Gasteiger partial charge in [0.2, 0.25) is 5.95 Å². The molecule has 2 aromatic carbocycles. The number of nitrogen functional groups attached to an aromatic ring is 1. The highest BCUT2D eigenvalue weighted by Gasteiger charge is 2.35. The number of aliphatic hydroxyl groups is 1. The number of hydrogen-bond donors (Lipinski definition) is 3. The molecular weight excluding hydrogens is 485 g/mol. The van der Waals surface area contributed by atoms with Gasteiger partial charge in [-0.25, -0.2) is 26.5 Å². The summed E-state index contributed by atoms with van der Waals surface area (Å²) in [5.41, 5.74) is 1.86. The zero-order chi connectivity index (χ0) is 26.2. The number of amides is 1. The number of rotatable bonds is 7. The minimum Gasteiger partial charge on any atom is -0.382 e. The topological polar surface area (TPSA) is 106 Å². The molecule has 0 unspecified atom stereocenters. The molecular formula is C24H20F5N5O2. The van der Waals surface area contributed by atoms with Crippen molar-refractivity contribution in [1.29, 1.82) is 0 Å². The first-order valence-electron chi connectivity index (χ1n) is 10.6. The predicted octanol–water partition coefficient (Wildman–Crippen LogP) is 4.17. The SMILES string of the molecule is C[C@@](O)(c1ccc(F)cc1)[C@H](F)CNC(=O)c1c(C(F)F)ccc(-c2ccn3nc(N)nc3c2)c1F. The average Bonchev–Trinajstić information content (AvgIpc) is 3.21. The van der Waals surface area contributed by atoms with E-state index in [0.717, 1.165) is 31.2 Å². The molecule has 188 valence electrons. The molecule has 0 saturated heterocycles. The van der Waals surface area contributed by atoms with Crippen molar-refractivity contribution in [3.05, 3.63) is 83.1 Å². The molecule has 0 spiro atoms. The van der Waals surface area contributed by atoms with Crippen LogP contribution in [0.2, 0.25) is 0 Å². The monoisotopic (exact) mass is 505 g/mol. The third kappa shape index (κ3) is 4.71. The predicted molar refractivity (Wildman–Crippen MR) is 121 cm³/mol. The Hall–Kier alpha value is -4.06. The minimum absolute atomic E-state index is 0.0246. The van der Waals surface area contributed by atoms with Gasteiger partial charge in [-0.05, 0) is 42.3 Å². The Morgan fingerprint density at radius 1 is 1.14 bits per heavy atom. The number of alkyl halides is 3. The third-order valence-electron chi connectivity index (χ3n) is 5.78. The Labute approximate surface area is 201 Å². The molecule has 0 saturated carbocycles. The maximum absolute atomic E-state index is 15.5. The number of anilines is 1. The molecule has 2 aromatic heterocycles. The van der Waals surface area contributed by atoms with Crippen LogP contribution in [0.1, 0.15) is 34.8 Å². The zero-order valence-electron chi connectivity index (χ0n) is 18.7. The summed E-state index contributed by atoms with van der Waals surface area (Å²) in [4.78, 5) is 16.7. The summed E-state index contributed by atoms with van der Waals surface area (Å²) >= 11 is 0. The Balaban J connectivity index is 1.62. The lowest BCUT2D eigenvalue weighted by Gasteiger charge is -2.28. The standard InChI is InChI=1S/C24H20F5N5O2/c1-24(36,13-2-4-14(25)5-3-13)17(26)11-31-22(35)19-16(21(28)29)7-6-15(20(19)27)12-8-9-34-18(10-12)32-23(30)33-34/h2-10,17,21,36H,11H2,1H3,(H2,30,33)(H,31,35)/t17-,24-/m1/s1. The normalized spacial score (nSPS) is 14.1. The number of nitrogens with zero attached hydrogens (tertiary/aromatic N) is 3. The van der Waals surface area contributed by atoms with Gasteiger partial charge in [0.25, 0.3) is 12.3 Å². The van der Waals surface area contributed by atoms with E-state index in [4.69, 9.17) is 5.73 Å². The van der Waals surface area contributed by atoms with Crippen LogP contribution in [-0.2, 0) is 5.60 Å². The summed E-state index contributed by atoms with van der Waals surface area (Å²) in [5, 5.41) is 16.5. The van der Waals surface area contributed by atoms with Gasteiger partial charge in [-0.1, -0.05) is 24.3 Å². The fourth-order valence-corrected chi connectivity index (χ4v) is 3.73. The van der Waals surface area contributed by atoms with E-state index in [9.17, 15) is 27.5 Å². The van der Waals surface area contributed by atoms with Gasteiger partial charge in [-0.2, -0.15) is 4.98 Å². The Kier molecular flexibility index (Phi) is 6.63. The molecule has 0 radical (unpaired) electrons. The Bertz CT molecular complexity index is 1420. The molecule has 4 N–H and O–H groups in total. The fourth-order valence-electron chi connectivity index (χ4n) is 3.73. The van der Waals surface area contributed by atoms with Crippen LogP contribution in [0.4, 0.5) is 27.9 Å². The fraction of sp³-hybridized carbons (Fsp3) is 0.208. The van der Waals surface area contributed by atoms with E-state index in [1.54, 1.807) is 0 Å². The summed E-state index contributed by atoms with van der Waals surface area (Å²) in [5.74, 6) is -3.17.